The fourth-order valence-corrected chi connectivity index (χ4v) is 2.22. The summed E-state index contributed by atoms with van der Waals surface area (Å²) < 4.78 is 1.73. The smallest absolute Gasteiger partial charge is 0.321 e. The molecular formula is C10H12N4O2S. The van der Waals surface area contributed by atoms with E-state index in [4.69, 9.17) is 10.8 Å². The molecule has 0 aliphatic heterocycles. The van der Waals surface area contributed by atoms with E-state index in [1.54, 1.807) is 4.68 Å². The molecule has 0 amide bonds. The largest absolute Gasteiger partial charge is 0.480 e. The van der Waals surface area contributed by atoms with Gasteiger partial charge in [0.05, 0.1) is 11.4 Å². The van der Waals surface area contributed by atoms with Gasteiger partial charge in [0.25, 0.3) is 0 Å². The summed E-state index contributed by atoms with van der Waals surface area (Å²) in [5.41, 5.74) is 7.17. The normalized spacial score (nSPS) is 12.8. The first-order valence-electron chi connectivity index (χ1n) is 5.03. The van der Waals surface area contributed by atoms with Crippen LogP contribution in [0.3, 0.4) is 0 Å². The first kappa shape index (κ1) is 11.9. The van der Waals surface area contributed by atoms with Crippen LogP contribution in [0.2, 0.25) is 0 Å². The Morgan fingerprint density at radius 1 is 1.53 bits per heavy atom. The maximum Gasteiger partial charge on any atom is 0.321 e. The fourth-order valence-electron chi connectivity index (χ4n) is 1.35. The summed E-state index contributed by atoms with van der Waals surface area (Å²) in [5, 5.41) is 16.6. The van der Waals surface area contributed by atoms with Crippen LogP contribution < -0.4 is 5.73 Å². The van der Waals surface area contributed by atoms with E-state index in [0.29, 0.717) is 11.6 Å². The van der Waals surface area contributed by atoms with Crippen LogP contribution >= 0.6 is 11.8 Å². The van der Waals surface area contributed by atoms with Crippen molar-refractivity contribution >= 4 is 28.8 Å². The second kappa shape index (κ2) is 5.15. The average molecular weight is 252 g/mol. The van der Waals surface area contributed by atoms with Crippen LogP contribution in [0.25, 0.3) is 11.0 Å². The highest BCUT2D eigenvalue weighted by Crippen LogP contribution is 2.13. The lowest BCUT2D eigenvalue weighted by molar-refractivity contribution is -0.137. The van der Waals surface area contributed by atoms with Crippen molar-refractivity contribution in [3.05, 3.63) is 24.3 Å². The van der Waals surface area contributed by atoms with E-state index >= 15 is 0 Å². The summed E-state index contributed by atoms with van der Waals surface area (Å²) in [6, 6.07) is 6.78. The Bertz CT molecular complexity index is 528. The highest BCUT2D eigenvalue weighted by molar-refractivity contribution is 7.98. The van der Waals surface area contributed by atoms with E-state index in [9.17, 15) is 4.79 Å². The van der Waals surface area contributed by atoms with Gasteiger partial charge in [-0.05, 0) is 12.1 Å². The van der Waals surface area contributed by atoms with Crippen LogP contribution in [0.4, 0.5) is 0 Å². The number of thioether (sulfide) groups is 1. The molecule has 0 radical (unpaired) electrons. The lowest BCUT2D eigenvalue weighted by Gasteiger charge is -2.05. The van der Waals surface area contributed by atoms with Crippen LogP contribution in [0.5, 0.6) is 0 Å². The minimum Gasteiger partial charge on any atom is -0.480 e. The number of aliphatic carboxylic acids is 1. The van der Waals surface area contributed by atoms with Crippen molar-refractivity contribution in [2.75, 3.05) is 5.75 Å². The molecular weight excluding hydrogens is 240 g/mol. The number of para-hydroxylation sites is 1. The number of rotatable bonds is 5. The van der Waals surface area contributed by atoms with Gasteiger partial charge in [-0.2, -0.15) is 0 Å². The Morgan fingerprint density at radius 3 is 3.06 bits per heavy atom. The van der Waals surface area contributed by atoms with E-state index < -0.39 is 12.0 Å². The Hall–Kier alpha value is -1.60. The molecule has 0 spiro atoms. The summed E-state index contributed by atoms with van der Waals surface area (Å²) >= 11 is 1.42. The summed E-state index contributed by atoms with van der Waals surface area (Å²) in [6.07, 6.45) is 0. The van der Waals surface area contributed by atoms with Crippen LogP contribution in [0.15, 0.2) is 24.3 Å². The summed E-state index contributed by atoms with van der Waals surface area (Å²) in [7, 11) is 0. The molecule has 0 saturated heterocycles. The Labute approximate surface area is 102 Å². The molecule has 0 bridgehead atoms. The highest BCUT2D eigenvalue weighted by Gasteiger charge is 2.11. The van der Waals surface area contributed by atoms with Gasteiger partial charge in [0.15, 0.2) is 0 Å². The van der Waals surface area contributed by atoms with Gasteiger partial charge in [-0.1, -0.05) is 17.3 Å². The second-order valence-electron chi connectivity index (χ2n) is 3.52. The molecule has 0 unspecified atom stereocenters. The van der Waals surface area contributed by atoms with Crippen molar-refractivity contribution in [1.29, 1.82) is 0 Å². The molecule has 3 N–H and O–H groups in total. The second-order valence-corrected chi connectivity index (χ2v) is 4.52. The number of hydrogen-bond acceptors (Lipinski definition) is 5. The van der Waals surface area contributed by atoms with E-state index in [-0.39, 0.29) is 0 Å². The van der Waals surface area contributed by atoms with Crippen molar-refractivity contribution in [1.82, 2.24) is 15.0 Å². The minimum atomic E-state index is -0.985. The maximum atomic E-state index is 10.5. The summed E-state index contributed by atoms with van der Waals surface area (Å²) in [6.45, 7) is 0. The number of hydrogen-bond donors (Lipinski definition) is 2. The summed E-state index contributed by atoms with van der Waals surface area (Å²) in [4.78, 5) is 10.5. The maximum absolute atomic E-state index is 10.5. The highest BCUT2D eigenvalue weighted by atomic mass is 32.2. The van der Waals surface area contributed by atoms with E-state index in [2.05, 4.69) is 10.3 Å². The molecule has 1 aromatic carbocycles. The van der Waals surface area contributed by atoms with Gasteiger partial charge in [0.2, 0.25) is 0 Å². The Kier molecular flexibility index (Phi) is 3.60. The number of carboxylic acids is 1. The summed E-state index contributed by atoms with van der Waals surface area (Å²) in [5.74, 6) is -0.0914. The van der Waals surface area contributed by atoms with Gasteiger partial charge in [-0.25, -0.2) is 4.68 Å². The molecule has 17 heavy (non-hydrogen) atoms. The van der Waals surface area contributed by atoms with Crippen molar-refractivity contribution in [2.24, 2.45) is 5.73 Å². The van der Waals surface area contributed by atoms with Crippen LogP contribution in [0, 0.1) is 0 Å². The van der Waals surface area contributed by atoms with Crippen LogP contribution in [-0.4, -0.2) is 37.9 Å². The predicted octanol–water partition coefficient (Wildman–Crippen LogP) is 0.534. The predicted molar refractivity (Wildman–Crippen MR) is 65.6 cm³/mol. The number of fused-ring (bicyclic) bond motifs is 1. The van der Waals surface area contributed by atoms with Gasteiger partial charge in [-0.15, -0.1) is 16.9 Å². The zero-order valence-corrected chi connectivity index (χ0v) is 9.80. The third kappa shape index (κ3) is 2.75. The Balaban J connectivity index is 1.98. The van der Waals surface area contributed by atoms with Gasteiger partial charge in [0, 0.05) is 5.75 Å². The third-order valence-corrected chi connectivity index (χ3v) is 3.27. The molecule has 90 valence electrons. The zero-order valence-electron chi connectivity index (χ0n) is 8.98. The number of carboxylic acid groups (broad SMARTS) is 1. The van der Waals surface area contributed by atoms with Crippen molar-refractivity contribution in [3.8, 4) is 0 Å². The van der Waals surface area contributed by atoms with Crippen LogP contribution in [-0.2, 0) is 10.7 Å². The quantitative estimate of drug-likeness (QED) is 0.806. The fraction of sp³-hybridized carbons (Fsp3) is 0.300. The number of aromatic nitrogens is 3. The van der Waals surface area contributed by atoms with Crippen molar-refractivity contribution in [3.63, 3.8) is 0 Å². The minimum absolute atomic E-state index is 0.351. The number of nitrogens with zero attached hydrogens (tertiary/aromatic N) is 3. The molecule has 1 atom stereocenters. The molecule has 2 rings (SSSR count). The molecule has 2 aromatic rings. The molecule has 0 saturated carbocycles. The molecule has 1 heterocycles. The molecule has 7 heteroatoms. The van der Waals surface area contributed by atoms with Crippen molar-refractivity contribution < 1.29 is 9.90 Å². The van der Waals surface area contributed by atoms with Crippen LogP contribution in [0.1, 0.15) is 0 Å². The molecule has 6 nitrogen and oxygen atoms in total. The SMILES string of the molecule is N[C@@H](CSCn1nnc2ccccc21)C(=O)O. The first-order chi connectivity index (χ1) is 8.18. The average Bonchev–Trinajstić information content (AvgIpc) is 2.72. The number of nitrogens with two attached hydrogens (primary N) is 1. The number of carbonyl (C=O) groups is 1. The van der Waals surface area contributed by atoms with Crippen molar-refractivity contribution in [2.45, 2.75) is 11.9 Å². The topological polar surface area (TPSA) is 94.0 Å². The van der Waals surface area contributed by atoms with Gasteiger partial charge in [-0.3, -0.25) is 4.79 Å². The van der Waals surface area contributed by atoms with Gasteiger partial charge < -0.3 is 10.8 Å². The van der Waals surface area contributed by atoms with E-state index in [1.807, 2.05) is 24.3 Å². The zero-order chi connectivity index (χ0) is 12.3. The third-order valence-electron chi connectivity index (χ3n) is 2.25. The Morgan fingerprint density at radius 2 is 2.29 bits per heavy atom. The molecule has 0 aliphatic carbocycles. The standard InChI is InChI=1S/C10H12N4O2S/c11-7(10(15)16)5-17-6-14-9-4-2-1-3-8(9)12-13-14/h1-4,7H,5-6,11H2,(H,15,16)/t7-/m0/s1. The van der Waals surface area contributed by atoms with E-state index in [0.717, 1.165) is 11.0 Å². The lowest BCUT2D eigenvalue weighted by Crippen LogP contribution is -2.32. The molecule has 0 fully saturated rings. The first-order valence-corrected chi connectivity index (χ1v) is 6.18. The molecule has 0 aliphatic rings. The molecule has 1 aromatic heterocycles. The van der Waals surface area contributed by atoms with Gasteiger partial charge >= 0.3 is 5.97 Å². The van der Waals surface area contributed by atoms with E-state index in [1.165, 1.54) is 11.8 Å². The lowest BCUT2D eigenvalue weighted by atomic mass is 10.3. The van der Waals surface area contributed by atoms with Gasteiger partial charge in [0.1, 0.15) is 11.6 Å². The number of benzene rings is 1. The monoisotopic (exact) mass is 252 g/mol.